The van der Waals surface area contributed by atoms with Gasteiger partial charge in [0.1, 0.15) is 17.6 Å². The lowest BCUT2D eigenvalue weighted by atomic mass is 10.0. The monoisotopic (exact) mass is 556 g/mol. The number of thioether (sulfide) groups is 1. The summed E-state index contributed by atoms with van der Waals surface area (Å²) in [5.41, 5.74) is 0. The maximum absolute atomic E-state index is 13.7. The van der Waals surface area contributed by atoms with Crippen LogP contribution in [0.5, 0.6) is 5.75 Å². The summed E-state index contributed by atoms with van der Waals surface area (Å²) in [7, 11) is 0. The fourth-order valence-corrected chi connectivity index (χ4v) is 4.47. The molecule has 1 heterocycles. The first-order valence-corrected chi connectivity index (χ1v) is 13.7. The van der Waals surface area contributed by atoms with Crippen molar-refractivity contribution in [3.63, 3.8) is 0 Å². The van der Waals surface area contributed by atoms with E-state index in [0.29, 0.717) is 24.4 Å². The van der Waals surface area contributed by atoms with Crippen molar-refractivity contribution in [2.24, 2.45) is 5.92 Å². The third-order valence-electron chi connectivity index (χ3n) is 5.49. The number of carbonyl (C=O) groups excluding carboxylic acids is 3. The number of hydrogen-bond acceptors (Lipinski definition) is 6. The van der Waals surface area contributed by atoms with Crippen LogP contribution in [0.25, 0.3) is 0 Å². The Morgan fingerprint density at radius 2 is 1.68 bits per heavy atom. The van der Waals surface area contributed by atoms with Crippen molar-refractivity contribution in [2.75, 3.05) is 5.75 Å². The minimum atomic E-state index is -5.01. The first-order valence-electron chi connectivity index (χ1n) is 12.5. The number of alkyl halides is 3. The molecule has 3 atom stereocenters. The highest BCUT2D eigenvalue weighted by Gasteiger charge is 2.48. The largest absolute Gasteiger partial charge is 0.471 e. The lowest BCUT2D eigenvalue weighted by Gasteiger charge is -2.27. The first kappa shape index (κ1) is 31.3. The standard InChI is InChI=1S/C27H35F3N2O5S/c1-4-5-13-21(23(33)17-38-16-20-12-9-14-36-20)31-25(34)22(15-18(2)3)32-26(35)24(27(28,29)30)37-19-10-7-6-8-11-19/h6-12,14,18,21-22,24H,4-5,13,15-17H2,1-3H3,(H,31,34)(H,32,35)/t21-,22-,24?/m0/s1. The number of hydrogen-bond donors (Lipinski definition) is 2. The highest BCUT2D eigenvalue weighted by molar-refractivity contribution is 7.99. The molecule has 7 nitrogen and oxygen atoms in total. The zero-order valence-corrected chi connectivity index (χ0v) is 22.6. The molecule has 0 bridgehead atoms. The van der Waals surface area contributed by atoms with Gasteiger partial charge in [-0.2, -0.15) is 13.2 Å². The van der Waals surface area contributed by atoms with E-state index >= 15 is 0 Å². The summed E-state index contributed by atoms with van der Waals surface area (Å²) in [6, 6.07) is 8.62. The molecular weight excluding hydrogens is 521 g/mol. The van der Waals surface area contributed by atoms with Gasteiger partial charge >= 0.3 is 6.18 Å². The molecule has 0 spiro atoms. The number of amides is 2. The number of ketones is 1. The third-order valence-corrected chi connectivity index (χ3v) is 6.47. The molecule has 2 N–H and O–H groups in total. The zero-order valence-electron chi connectivity index (χ0n) is 21.8. The molecule has 0 radical (unpaired) electrons. The minimum Gasteiger partial charge on any atom is -0.471 e. The van der Waals surface area contributed by atoms with Gasteiger partial charge in [-0.05, 0) is 43.0 Å². The lowest BCUT2D eigenvalue weighted by molar-refractivity contribution is -0.198. The van der Waals surface area contributed by atoms with Crippen molar-refractivity contribution in [1.29, 1.82) is 0 Å². The number of carbonyl (C=O) groups is 3. The molecular formula is C27H35F3N2O5S. The van der Waals surface area contributed by atoms with Crippen LogP contribution in [-0.4, -0.2) is 47.7 Å². The predicted molar refractivity (Wildman–Crippen MR) is 140 cm³/mol. The van der Waals surface area contributed by atoms with Crippen LogP contribution in [0.15, 0.2) is 53.1 Å². The maximum Gasteiger partial charge on any atom is 0.434 e. The predicted octanol–water partition coefficient (Wildman–Crippen LogP) is 5.30. The molecule has 0 aliphatic heterocycles. The molecule has 11 heteroatoms. The Balaban J connectivity index is 2.10. The van der Waals surface area contributed by atoms with Crippen LogP contribution in [0, 0.1) is 5.92 Å². The van der Waals surface area contributed by atoms with Crippen LogP contribution >= 0.6 is 11.8 Å². The summed E-state index contributed by atoms with van der Waals surface area (Å²) in [5, 5.41) is 4.88. The van der Waals surface area contributed by atoms with Gasteiger partial charge in [-0.1, -0.05) is 51.8 Å². The summed E-state index contributed by atoms with van der Waals surface area (Å²) in [5.74, 6) is -1.33. The second-order valence-electron chi connectivity index (χ2n) is 9.29. The van der Waals surface area contributed by atoms with E-state index in [1.165, 1.54) is 36.0 Å². The highest BCUT2D eigenvalue weighted by atomic mass is 32.2. The van der Waals surface area contributed by atoms with Crippen molar-refractivity contribution in [1.82, 2.24) is 10.6 Å². The van der Waals surface area contributed by atoms with E-state index in [1.807, 2.05) is 6.92 Å². The molecule has 0 saturated heterocycles. The van der Waals surface area contributed by atoms with Gasteiger partial charge in [0.05, 0.1) is 23.8 Å². The molecule has 1 aromatic heterocycles. The highest BCUT2D eigenvalue weighted by Crippen LogP contribution is 2.26. The van der Waals surface area contributed by atoms with Gasteiger partial charge in [0.15, 0.2) is 5.78 Å². The van der Waals surface area contributed by atoms with E-state index in [9.17, 15) is 27.6 Å². The molecule has 210 valence electrons. The normalized spacial score (nSPS) is 14.0. The zero-order chi connectivity index (χ0) is 28.1. The van der Waals surface area contributed by atoms with Crippen LogP contribution in [0.2, 0.25) is 0 Å². The van der Waals surface area contributed by atoms with Gasteiger partial charge in [0.2, 0.25) is 5.91 Å². The number of unbranched alkanes of at least 4 members (excludes halogenated alkanes) is 1. The van der Waals surface area contributed by atoms with Crippen molar-refractivity contribution in [3.8, 4) is 5.75 Å². The Kier molecular flexibility index (Phi) is 12.7. The van der Waals surface area contributed by atoms with Gasteiger partial charge in [-0.25, -0.2) is 0 Å². The average Bonchev–Trinajstić information content (AvgIpc) is 3.37. The number of furan rings is 1. The van der Waals surface area contributed by atoms with Gasteiger partial charge in [-0.15, -0.1) is 11.8 Å². The molecule has 2 rings (SSSR count). The van der Waals surface area contributed by atoms with E-state index in [2.05, 4.69) is 10.6 Å². The van der Waals surface area contributed by atoms with Crippen LogP contribution in [0.1, 0.15) is 52.2 Å². The van der Waals surface area contributed by atoms with Gasteiger partial charge in [0, 0.05) is 0 Å². The smallest absolute Gasteiger partial charge is 0.434 e. The number of halogens is 3. The van der Waals surface area contributed by atoms with Crippen LogP contribution in [-0.2, 0) is 20.1 Å². The Bertz CT molecular complexity index is 1000. The van der Waals surface area contributed by atoms with Crippen molar-refractivity contribution in [3.05, 3.63) is 54.5 Å². The molecule has 2 aromatic rings. The first-order chi connectivity index (χ1) is 18.0. The lowest BCUT2D eigenvalue weighted by Crippen LogP contribution is -2.56. The number of nitrogens with one attached hydrogen (secondary N) is 2. The van der Waals surface area contributed by atoms with E-state index < -0.39 is 36.2 Å². The van der Waals surface area contributed by atoms with Crippen LogP contribution in [0.3, 0.4) is 0 Å². The van der Waals surface area contributed by atoms with Gasteiger partial charge in [-0.3, -0.25) is 14.4 Å². The Morgan fingerprint density at radius 3 is 2.26 bits per heavy atom. The van der Waals surface area contributed by atoms with E-state index in [1.54, 1.807) is 38.3 Å². The number of benzene rings is 1. The Morgan fingerprint density at radius 1 is 1.00 bits per heavy atom. The number of ether oxygens (including phenoxy) is 1. The molecule has 1 aromatic carbocycles. The summed E-state index contributed by atoms with van der Waals surface area (Å²) in [4.78, 5) is 38.8. The second-order valence-corrected chi connectivity index (χ2v) is 10.3. The molecule has 0 fully saturated rings. The van der Waals surface area contributed by atoms with Crippen molar-refractivity contribution >= 4 is 29.4 Å². The summed E-state index contributed by atoms with van der Waals surface area (Å²) in [6.45, 7) is 5.50. The van der Waals surface area contributed by atoms with E-state index in [-0.39, 0.29) is 29.6 Å². The van der Waals surface area contributed by atoms with Crippen LogP contribution in [0.4, 0.5) is 13.2 Å². The fourth-order valence-electron chi connectivity index (χ4n) is 3.60. The molecule has 2 amide bonds. The minimum absolute atomic E-state index is 0.0788. The van der Waals surface area contributed by atoms with Gasteiger partial charge in [0.25, 0.3) is 12.0 Å². The molecule has 38 heavy (non-hydrogen) atoms. The van der Waals surface area contributed by atoms with Crippen LogP contribution < -0.4 is 15.4 Å². The van der Waals surface area contributed by atoms with Gasteiger partial charge < -0.3 is 19.8 Å². The number of Topliss-reactive ketones (excluding diaryl/α,β-unsaturated/α-hetero) is 1. The topological polar surface area (TPSA) is 97.6 Å². The second kappa shape index (κ2) is 15.5. The van der Waals surface area contributed by atoms with Crippen molar-refractivity contribution < 1.29 is 36.7 Å². The summed E-state index contributed by atoms with van der Waals surface area (Å²) < 4.78 is 51.3. The number of para-hydroxylation sites is 1. The third kappa shape index (κ3) is 10.8. The molecule has 0 aliphatic carbocycles. The van der Waals surface area contributed by atoms with Crippen molar-refractivity contribution in [2.45, 2.75) is 76.6 Å². The Hall–Kier alpha value is -2.95. The fraction of sp³-hybridized carbons (Fsp3) is 0.519. The molecule has 0 saturated carbocycles. The maximum atomic E-state index is 13.7. The molecule has 1 unspecified atom stereocenters. The molecule has 0 aliphatic rings. The van der Waals surface area contributed by atoms with E-state index in [0.717, 1.165) is 6.42 Å². The SMILES string of the molecule is CCCC[C@H](NC(=O)[C@H](CC(C)C)NC(=O)C(Oc1ccccc1)C(F)(F)F)C(=O)CSCc1ccco1. The summed E-state index contributed by atoms with van der Waals surface area (Å²) >= 11 is 1.34. The average molecular weight is 557 g/mol. The summed E-state index contributed by atoms with van der Waals surface area (Å²) in [6.07, 6.45) is -4.36. The Labute approximate surface area is 225 Å². The quantitative estimate of drug-likeness (QED) is 0.291. The van der Waals surface area contributed by atoms with E-state index in [4.69, 9.17) is 9.15 Å². The number of rotatable bonds is 16.